The molecule has 2 N–H and O–H groups in total. The fourth-order valence-corrected chi connectivity index (χ4v) is 2.21. The quantitative estimate of drug-likeness (QED) is 0.931. The zero-order valence-electron chi connectivity index (χ0n) is 11.3. The predicted molar refractivity (Wildman–Crippen MR) is 75.0 cm³/mol. The van der Waals surface area contributed by atoms with Crippen LogP contribution in [0.25, 0.3) is 11.1 Å². The molecule has 2 aromatic rings. The molecule has 20 heavy (non-hydrogen) atoms. The molecule has 104 valence electrons. The van der Waals surface area contributed by atoms with Crippen LogP contribution in [-0.4, -0.2) is 10.5 Å². The van der Waals surface area contributed by atoms with Crippen LogP contribution >= 0.6 is 0 Å². The molecule has 1 aromatic heterocycles. The minimum Gasteiger partial charge on any atom is -0.365 e. The molecule has 5 heteroatoms. The number of aryl methyl sites for hydroxylation is 1. The molecule has 0 spiro atoms. The average Bonchev–Trinajstić information content (AvgIpc) is 2.40. The van der Waals surface area contributed by atoms with E-state index in [4.69, 9.17) is 5.73 Å². The third-order valence-electron chi connectivity index (χ3n) is 3.29. The van der Waals surface area contributed by atoms with Gasteiger partial charge in [-0.15, -0.1) is 0 Å². The predicted octanol–water partition coefficient (Wildman–Crippen LogP) is 2.08. The van der Waals surface area contributed by atoms with Gasteiger partial charge in [-0.25, -0.2) is 4.39 Å². The number of nitrogens with zero attached hydrogens (tertiary/aromatic N) is 1. The molecular weight excluding hydrogens is 259 g/mol. The van der Waals surface area contributed by atoms with E-state index in [9.17, 15) is 14.0 Å². The van der Waals surface area contributed by atoms with E-state index in [1.165, 1.54) is 24.3 Å². The van der Waals surface area contributed by atoms with Crippen LogP contribution in [0.1, 0.15) is 23.0 Å². The van der Waals surface area contributed by atoms with Crippen LogP contribution in [0, 0.1) is 12.7 Å². The molecular formula is C15H15FN2O2. The maximum Gasteiger partial charge on any atom is 0.254 e. The summed E-state index contributed by atoms with van der Waals surface area (Å²) in [6.45, 7) is 4.18. The second kappa shape index (κ2) is 5.28. The largest absolute Gasteiger partial charge is 0.365 e. The summed E-state index contributed by atoms with van der Waals surface area (Å²) >= 11 is 0. The highest BCUT2D eigenvalue weighted by Gasteiger charge is 2.17. The maximum absolute atomic E-state index is 13.0. The first-order valence-electron chi connectivity index (χ1n) is 6.25. The Labute approximate surface area is 115 Å². The van der Waals surface area contributed by atoms with Crippen molar-refractivity contribution in [2.45, 2.75) is 20.4 Å². The molecule has 0 aliphatic carbocycles. The summed E-state index contributed by atoms with van der Waals surface area (Å²) in [5.41, 5.74) is 6.29. The number of rotatable bonds is 3. The second-order valence-electron chi connectivity index (χ2n) is 4.49. The summed E-state index contributed by atoms with van der Waals surface area (Å²) in [5.74, 6) is -1.13. The third-order valence-corrected chi connectivity index (χ3v) is 3.29. The molecule has 0 saturated heterocycles. The number of carbonyl (C=O) groups is 1. The van der Waals surface area contributed by atoms with Gasteiger partial charge in [0.25, 0.3) is 5.91 Å². The zero-order valence-corrected chi connectivity index (χ0v) is 11.3. The maximum atomic E-state index is 13.0. The number of halogens is 1. The van der Waals surface area contributed by atoms with Crippen molar-refractivity contribution < 1.29 is 9.18 Å². The number of nitrogens with two attached hydrogens (primary N) is 1. The molecule has 0 fully saturated rings. The number of hydrogen-bond acceptors (Lipinski definition) is 2. The lowest BCUT2D eigenvalue weighted by atomic mass is 10.0. The van der Waals surface area contributed by atoms with Crippen molar-refractivity contribution in [3.05, 3.63) is 57.8 Å². The molecule has 2 rings (SSSR count). The molecule has 1 aromatic carbocycles. The molecule has 0 bridgehead atoms. The first-order chi connectivity index (χ1) is 9.45. The minimum atomic E-state index is -0.751. The Morgan fingerprint density at radius 3 is 2.40 bits per heavy atom. The molecule has 0 atom stereocenters. The highest BCUT2D eigenvalue weighted by molar-refractivity contribution is 5.95. The van der Waals surface area contributed by atoms with Crippen molar-refractivity contribution in [1.82, 2.24) is 4.57 Å². The van der Waals surface area contributed by atoms with Crippen LogP contribution in [0.15, 0.2) is 35.3 Å². The highest BCUT2D eigenvalue weighted by atomic mass is 19.1. The average molecular weight is 274 g/mol. The molecule has 0 aliphatic rings. The van der Waals surface area contributed by atoms with Gasteiger partial charge >= 0.3 is 0 Å². The summed E-state index contributed by atoms with van der Waals surface area (Å²) in [7, 11) is 0. The van der Waals surface area contributed by atoms with Crippen LogP contribution in [0.2, 0.25) is 0 Å². The first-order valence-corrected chi connectivity index (χ1v) is 6.25. The lowest BCUT2D eigenvalue weighted by Gasteiger charge is -2.14. The van der Waals surface area contributed by atoms with E-state index in [0.29, 0.717) is 23.4 Å². The van der Waals surface area contributed by atoms with Gasteiger partial charge in [0.15, 0.2) is 0 Å². The van der Waals surface area contributed by atoms with Crippen LogP contribution in [0.3, 0.4) is 0 Å². The number of hydrogen-bond donors (Lipinski definition) is 1. The molecule has 0 saturated carbocycles. The number of amides is 1. The van der Waals surface area contributed by atoms with Crippen LogP contribution < -0.4 is 11.2 Å². The van der Waals surface area contributed by atoms with Crippen molar-refractivity contribution in [2.75, 3.05) is 0 Å². The summed E-state index contributed by atoms with van der Waals surface area (Å²) in [6, 6.07) is 5.56. The van der Waals surface area contributed by atoms with Gasteiger partial charge in [0, 0.05) is 24.0 Å². The Hall–Kier alpha value is -2.43. The van der Waals surface area contributed by atoms with Crippen molar-refractivity contribution in [1.29, 1.82) is 0 Å². The van der Waals surface area contributed by atoms with Gasteiger partial charge in [0.1, 0.15) is 11.4 Å². The minimum absolute atomic E-state index is 0.0197. The van der Waals surface area contributed by atoms with Gasteiger partial charge in [-0.2, -0.15) is 0 Å². The van der Waals surface area contributed by atoms with E-state index in [1.807, 2.05) is 6.92 Å². The SMILES string of the molecule is CCn1cc(-c2ccc(F)cc2)c(=O)c(C(N)=O)c1C. The zero-order chi connectivity index (χ0) is 14.9. The first kappa shape index (κ1) is 14.0. The fourth-order valence-electron chi connectivity index (χ4n) is 2.21. The van der Waals surface area contributed by atoms with Crippen LogP contribution in [0.5, 0.6) is 0 Å². The van der Waals surface area contributed by atoms with Crippen molar-refractivity contribution >= 4 is 5.91 Å². The van der Waals surface area contributed by atoms with Gasteiger partial charge < -0.3 is 10.3 Å². The topological polar surface area (TPSA) is 65.1 Å². The summed E-state index contributed by atoms with van der Waals surface area (Å²) < 4.78 is 14.7. The Morgan fingerprint density at radius 2 is 1.90 bits per heavy atom. The Morgan fingerprint density at radius 1 is 1.30 bits per heavy atom. The normalized spacial score (nSPS) is 10.6. The van der Waals surface area contributed by atoms with E-state index in [1.54, 1.807) is 17.7 Å². The molecule has 0 unspecified atom stereocenters. The monoisotopic (exact) mass is 274 g/mol. The number of aromatic nitrogens is 1. The van der Waals surface area contributed by atoms with E-state index in [2.05, 4.69) is 0 Å². The highest BCUT2D eigenvalue weighted by Crippen LogP contribution is 2.18. The molecule has 0 aliphatic heterocycles. The second-order valence-corrected chi connectivity index (χ2v) is 4.49. The lowest BCUT2D eigenvalue weighted by molar-refractivity contribution is 0.0998. The number of carbonyl (C=O) groups excluding carboxylic acids is 1. The van der Waals surface area contributed by atoms with E-state index >= 15 is 0 Å². The molecule has 0 radical (unpaired) electrons. The molecule has 1 heterocycles. The standard InChI is InChI=1S/C15H15FN2O2/c1-3-18-8-12(10-4-6-11(16)7-5-10)14(19)13(9(18)2)15(17)20/h4-8H,3H2,1-2H3,(H2,17,20). The summed E-state index contributed by atoms with van der Waals surface area (Å²) in [5, 5.41) is 0. The van der Waals surface area contributed by atoms with Crippen LogP contribution in [0.4, 0.5) is 4.39 Å². The van der Waals surface area contributed by atoms with Gasteiger partial charge in [-0.3, -0.25) is 9.59 Å². The summed E-state index contributed by atoms with van der Waals surface area (Å²) in [4.78, 5) is 23.9. The summed E-state index contributed by atoms with van der Waals surface area (Å²) in [6.07, 6.45) is 1.66. The van der Waals surface area contributed by atoms with Crippen molar-refractivity contribution in [2.24, 2.45) is 5.73 Å². The number of benzene rings is 1. The Bertz CT molecular complexity index is 718. The van der Waals surface area contributed by atoms with Crippen molar-refractivity contribution in [3.8, 4) is 11.1 Å². The van der Waals surface area contributed by atoms with Gasteiger partial charge in [-0.05, 0) is 31.5 Å². The third kappa shape index (κ3) is 2.34. The van der Waals surface area contributed by atoms with E-state index < -0.39 is 11.3 Å². The van der Waals surface area contributed by atoms with Gasteiger partial charge in [-0.1, -0.05) is 12.1 Å². The Balaban J connectivity index is 2.77. The van der Waals surface area contributed by atoms with Crippen molar-refractivity contribution in [3.63, 3.8) is 0 Å². The number of primary amides is 1. The fraction of sp³-hybridized carbons (Fsp3) is 0.200. The number of pyridine rings is 1. The lowest BCUT2D eigenvalue weighted by Crippen LogP contribution is -2.27. The van der Waals surface area contributed by atoms with E-state index in [-0.39, 0.29) is 11.4 Å². The smallest absolute Gasteiger partial charge is 0.254 e. The van der Waals surface area contributed by atoms with E-state index in [0.717, 1.165) is 0 Å². The van der Waals surface area contributed by atoms with Gasteiger partial charge in [0.2, 0.25) is 5.43 Å². The Kier molecular flexibility index (Phi) is 3.70. The van der Waals surface area contributed by atoms with Crippen LogP contribution in [-0.2, 0) is 6.54 Å². The molecule has 4 nitrogen and oxygen atoms in total. The van der Waals surface area contributed by atoms with Gasteiger partial charge in [0.05, 0.1) is 0 Å². The molecule has 1 amide bonds.